The van der Waals surface area contributed by atoms with Gasteiger partial charge in [0, 0.05) is 16.6 Å². The third-order valence-electron chi connectivity index (χ3n) is 3.62. The Morgan fingerprint density at radius 1 is 1.35 bits per heavy atom. The third-order valence-corrected chi connectivity index (χ3v) is 5.39. The van der Waals surface area contributed by atoms with Crippen LogP contribution in [0, 0.1) is 0 Å². The second-order valence-electron chi connectivity index (χ2n) is 5.43. The van der Waals surface area contributed by atoms with Gasteiger partial charge in [0.05, 0.1) is 17.7 Å². The maximum absolute atomic E-state index is 12.7. The van der Waals surface area contributed by atoms with Gasteiger partial charge in [0.2, 0.25) is 5.91 Å². The predicted octanol–water partition coefficient (Wildman–Crippen LogP) is 4.65. The molecule has 5 nitrogen and oxygen atoms in total. The summed E-state index contributed by atoms with van der Waals surface area (Å²) < 4.78 is 5.17. The molecule has 26 heavy (non-hydrogen) atoms. The molecule has 0 N–H and O–H groups in total. The summed E-state index contributed by atoms with van der Waals surface area (Å²) in [7, 11) is 0. The van der Waals surface area contributed by atoms with E-state index in [-0.39, 0.29) is 11.2 Å². The molecule has 1 aromatic carbocycles. The smallest absolute Gasteiger partial charge is 0.242 e. The fraction of sp³-hybridized carbons (Fsp3) is 0.167. The fourth-order valence-electron chi connectivity index (χ4n) is 2.41. The number of rotatable bonds is 6. The van der Waals surface area contributed by atoms with Gasteiger partial charge >= 0.3 is 0 Å². The molecule has 1 aliphatic rings. The minimum Gasteiger partial charge on any atom is -0.463 e. The molecular weight excluding hydrogens is 393 g/mol. The molecule has 0 bridgehead atoms. The molecule has 1 aromatic heterocycles. The number of hydrogen-bond donors (Lipinski definition) is 0. The van der Waals surface area contributed by atoms with Gasteiger partial charge in [0.1, 0.15) is 5.76 Å². The first-order valence-corrected chi connectivity index (χ1v) is 9.39. The molecule has 8 heteroatoms. The molecule has 1 amide bonds. The lowest BCUT2D eigenvalue weighted by Gasteiger charge is -2.13. The maximum atomic E-state index is 12.7. The van der Waals surface area contributed by atoms with Gasteiger partial charge in [-0.2, -0.15) is 5.10 Å². The van der Waals surface area contributed by atoms with Gasteiger partial charge in [-0.05, 0) is 42.3 Å². The van der Waals surface area contributed by atoms with Crippen molar-refractivity contribution in [1.29, 1.82) is 0 Å². The van der Waals surface area contributed by atoms with Crippen LogP contribution < -0.4 is 0 Å². The van der Waals surface area contributed by atoms with E-state index in [9.17, 15) is 4.79 Å². The Labute approximate surface area is 165 Å². The van der Waals surface area contributed by atoms with Crippen molar-refractivity contribution in [3.63, 3.8) is 0 Å². The molecule has 1 aliphatic heterocycles. The van der Waals surface area contributed by atoms with Crippen molar-refractivity contribution in [2.45, 2.75) is 11.7 Å². The number of furan rings is 1. The number of benzene rings is 1. The molecule has 3 rings (SSSR count). The highest BCUT2D eigenvalue weighted by molar-refractivity contribution is 8.15. The van der Waals surface area contributed by atoms with E-state index in [1.165, 1.54) is 18.0 Å². The molecule has 1 fully saturated rings. The van der Waals surface area contributed by atoms with Crippen LogP contribution >= 0.6 is 35.0 Å². The van der Waals surface area contributed by atoms with Gasteiger partial charge in [-0.3, -0.25) is 9.69 Å². The van der Waals surface area contributed by atoms with Crippen LogP contribution in [-0.4, -0.2) is 34.0 Å². The van der Waals surface area contributed by atoms with Crippen molar-refractivity contribution < 1.29 is 9.21 Å². The van der Waals surface area contributed by atoms with Gasteiger partial charge in [0.25, 0.3) is 0 Å². The third kappa shape index (κ3) is 4.38. The van der Waals surface area contributed by atoms with Gasteiger partial charge in [-0.1, -0.05) is 41.0 Å². The van der Waals surface area contributed by atoms with Crippen molar-refractivity contribution in [1.82, 2.24) is 4.90 Å². The number of amidine groups is 1. The fourth-order valence-corrected chi connectivity index (χ4v) is 3.93. The van der Waals surface area contributed by atoms with Crippen LogP contribution in [-0.2, 0) is 11.2 Å². The second-order valence-corrected chi connectivity index (χ2v) is 7.44. The topological polar surface area (TPSA) is 58.2 Å². The summed E-state index contributed by atoms with van der Waals surface area (Å²) in [5.41, 5.74) is 0.823. The van der Waals surface area contributed by atoms with Gasteiger partial charge in [-0.15, -0.1) is 11.7 Å². The number of carbonyl (C=O) groups is 1. The Kier molecular flexibility index (Phi) is 6.19. The lowest BCUT2D eigenvalue weighted by atomic mass is 10.1. The van der Waals surface area contributed by atoms with Crippen molar-refractivity contribution in [3.05, 3.63) is 70.6 Å². The molecule has 0 aliphatic carbocycles. The second kappa shape index (κ2) is 8.58. The molecule has 1 atom stereocenters. The monoisotopic (exact) mass is 407 g/mol. The first kappa shape index (κ1) is 18.8. The number of hydrogen-bond acceptors (Lipinski definition) is 5. The van der Waals surface area contributed by atoms with E-state index in [0.717, 1.165) is 5.56 Å². The van der Waals surface area contributed by atoms with E-state index in [4.69, 9.17) is 27.6 Å². The maximum Gasteiger partial charge on any atom is 0.242 e. The van der Waals surface area contributed by atoms with Crippen molar-refractivity contribution >= 4 is 52.3 Å². The predicted molar refractivity (Wildman–Crippen MR) is 107 cm³/mol. The molecule has 1 saturated heterocycles. The number of thioether (sulfide) groups is 1. The summed E-state index contributed by atoms with van der Waals surface area (Å²) in [5.74, 6) is 0.527. The Balaban J connectivity index is 1.79. The van der Waals surface area contributed by atoms with E-state index in [0.29, 0.717) is 33.9 Å². The van der Waals surface area contributed by atoms with Crippen molar-refractivity contribution in [3.8, 4) is 0 Å². The van der Waals surface area contributed by atoms with E-state index in [1.54, 1.807) is 47.6 Å². The van der Waals surface area contributed by atoms with E-state index in [2.05, 4.69) is 16.8 Å². The van der Waals surface area contributed by atoms with Crippen LogP contribution in [0.2, 0.25) is 10.0 Å². The average Bonchev–Trinajstić information content (AvgIpc) is 3.23. The lowest BCUT2D eigenvalue weighted by molar-refractivity contribution is -0.125. The Morgan fingerprint density at radius 3 is 2.92 bits per heavy atom. The zero-order valence-electron chi connectivity index (χ0n) is 13.6. The van der Waals surface area contributed by atoms with E-state index >= 15 is 0 Å². The van der Waals surface area contributed by atoms with Gasteiger partial charge in [-0.25, -0.2) is 0 Å². The highest BCUT2D eigenvalue weighted by Crippen LogP contribution is 2.32. The Morgan fingerprint density at radius 2 is 2.19 bits per heavy atom. The molecule has 2 aromatic rings. The van der Waals surface area contributed by atoms with Crippen LogP contribution in [0.5, 0.6) is 0 Å². The van der Waals surface area contributed by atoms with Gasteiger partial charge < -0.3 is 4.42 Å². The largest absolute Gasteiger partial charge is 0.463 e. The van der Waals surface area contributed by atoms with Gasteiger partial charge in [0.15, 0.2) is 5.17 Å². The average molecular weight is 408 g/mol. The molecule has 0 radical (unpaired) electrons. The summed E-state index contributed by atoms with van der Waals surface area (Å²) in [6.45, 7) is 4.06. The zero-order chi connectivity index (χ0) is 18.5. The molecular formula is C18H15Cl2N3O2S. The number of halogens is 2. The summed E-state index contributed by atoms with van der Waals surface area (Å²) in [5, 5.41) is 9.51. The van der Waals surface area contributed by atoms with Crippen LogP contribution in [0.3, 0.4) is 0 Å². The van der Waals surface area contributed by atoms with Crippen molar-refractivity contribution in [2.24, 2.45) is 10.2 Å². The quantitative estimate of drug-likeness (QED) is 0.397. The normalized spacial score (nSPS) is 19.0. The standard InChI is InChI=1S/C18H15Cl2N3O2S/c1-2-7-23-17(24)16(10-12-9-13(19)5-6-15(12)20)26-18(23)22-21-11-14-4-3-8-25-14/h2-6,8-9,11,16H,1,7,10H2/b21-11-,22-18+/t16-/m0/s1. The summed E-state index contributed by atoms with van der Waals surface area (Å²) in [6, 6.07) is 8.75. The van der Waals surface area contributed by atoms with Crippen molar-refractivity contribution in [2.75, 3.05) is 6.54 Å². The summed E-state index contributed by atoms with van der Waals surface area (Å²) >= 11 is 13.6. The Hall–Kier alpha value is -2.02. The minimum atomic E-state index is -0.344. The summed E-state index contributed by atoms with van der Waals surface area (Å²) in [4.78, 5) is 14.3. The van der Waals surface area contributed by atoms with E-state index < -0.39 is 0 Å². The highest BCUT2D eigenvalue weighted by Gasteiger charge is 2.37. The molecule has 0 spiro atoms. The van der Waals surface area contributed by atoms with E-state index in [1.807, 2.05) is 0 Å². The SMILES string of the molecule is C=CCN1C(=O)[C@H](Cc2cc(Cl)ccc2Cl)S/C1=N/N=C\c1ccco1. The first-order valence-electron chi connectivity index (χ1n) is 7.76. The van der Waals surface area contributed by atoms with Crippen LogP contribution in [0.25, 0.3) is 0 Å². The molecule has 134 valence electrons. The number of carbonyl (C=O) groups excluding carboxylic acids is 1. The van der Waals surface area contributed by atoms with Crippen LogP contribution in [0.15, 0.2) is 63.9 Å². The highest BCUT2D eigenvalue weighted by atomic mass is 35.5. The summed E-state index contributed by atoms with van der Waals surface area (Å²) in [6.07, 6.45) is 5.15. The molecule has 0 unspecified atom stereocenters. The minimum absolute atomic E-state index is 0.0575. The first-order chi connectivity index (χ1) is 12.6. The Bertz CT molecular complexity index is 865. The number of nitrogens with zero attached hydrogens (tertiary/aromatic N) is 3. The lowest BCUT2D eigenvalue weighted by Crippen LogP contribution is -2.32. The molecule has 2 heterocycles. The number of amides is 1. The zero-order valence-corrected chi connectivity index (χ0v) is 16.0. The molecule has 0 saturated carbocycles. The van der Waals surface area contributed by atoms with Crippen LogP contribution in [0.4, 0.5) is 0 Å². The van der Waals surface area contributed by atoms with Crippen LogP contribution in [0.1, 0.15) is 11.3 Å².